The molecule has 24 heavy (non-hydrogen) atoms. The first-order valence-electron chi connectivity index (χ1n) is 7.75. The SMILES string of the molecule is CC(C)CC(NC(=O)c1cc(NC(=O)C(C)C)ccc1Cl)C(=O)O. The number of aliphatic carboxylic acids is 1. The summed E-state index contributed by atoms with van der Waals surface area (Å²) in [6, 6.07) is 3.52. The van der Waals surface area contributed by atoms with Gasteiger partial charge in [-0.15, -0.1) is 0 Å². The van der Waals surface area contributed by atoms with Crippen LogP contribution in [0.3, 0.4) is 0 Å². The minimum atomic E-state index is -1.10. The highest BCUT2D eigenvalue weighted by Crippen LogP contribution is 2.21. The normalized spacial score (nSPS) is 12.1. The number of carboxylic acid groups (broad SMARTS) is 1. The Labute approximate surface area is 146 Å². The summed E-state index contributed by atoms with van der Waals surface area (Å²) in [4.78, 5) is 35.4. The molecule has 0 heterocycles. The van der Waals surface area contributed by atoms with Crippen molar-refractivity contribution in [3.05, 3.63) is 28.8 Å². The Morgan fingerprint density at radius 1 is 1.17 bits per heavy atom. The molecular weight excluding hydrogens is 332 g/mol. The number of benzene rings is 1. The number of carbonyl (C=O) groups excluding carboxylic acids is 2. The lowest BCUT2D eigenvalue weighted by molar-refractivity contribution is -0.139. The fourth-order valence-electron chi connectivity index (χ4n) is 1.99. The fraction of sp³-hybridized carbons (Fsp3) is 0.471. The van der Waals surface area contributed by atoms with E-state index in [2.05, 4.69) is 10.6 Å². The van der Waals surface area contributed by atoms with Gasteiger partial charge in [0.25, 0.3) is 5.91 Å². The molecule has 1 aromatic rings. The molecule has 0 fully saturated rings. The quantitative estimate of drug-likeness (QED) is 0.700. The predicted octanol–water partition coefficient (Wildman–Crippen LogP) is 3.16. The van der Waals surface area contributed by atoms with Gasteiger partial charge < -0.3 is 15.7 Å². The minimum absolute atomic E-state index is 0.110. The first kappa shape index (κ1) is 20.0. The second kappa shape index (κ2) is 8.68. The van der Waals surface area contributed by atoms with Crippen LogP contribution >= 0.6 is 11.6 Å². The second-order valence-electron chi connectivity index (χ2n) is 6.33. The Balaban J connectivity index is 2.96. The molecule has 0 bridgehead atoms. The van der Waals surface area contributed by atoms with Crippen LogP contribution < -0.4 is 10.6 Å². The zero-order valence-electron chi connectivity index (χ0n) is 14.2. The Bertz CT molecular complexity index is 629. The molecule has 1 atom stereocenters. The molecular formula is C17H23ClN2O4. The monoisotopic (exact) mass is 354 g/mol. The van der Waals surface area contributed by atoms with Crippen molar-refractivity contribution in [3.8, 4) is 0 Å². The maximum absolute atomic E-state index is 12.4. The third-order valence-electron chi connectivity index (χ3n) is 3.31. The lowest BCUT2D eigenvalue weighted by atomic mass is 10.0. The maximum atomic E-state index is 12.4. The Morgan fingerprint density at radius 3 is 2.29 bits per heavy atom. The zero-order chi connectivity index (χ0) is 18.4. The van der Waals surface area contributed by atoms with Crippen molar-refractivity contribution in [2.24, 2.45) is 11.8 Å². The average Bonchev–Trinajstić information content (AvgIpc) is 2.47. The van der Waals surface area contributed by atoms with Gasteiger partial charge >= 0.3 is 5.97 Å². The van der Waals surface area contributed by atoms with Crippen LogP contribution in [0.1, 0.15) is 44.5 Å². The van der Waals surface area contributed by atoms with Crippen LogP contribution in [-0.2, 0) is 9.59 Å². The summed E-state index contributed by atoms with van der Waals surface area (Å²) in [6.45, 7) is 7.25. The van der Waals surface area contributed by atoms with Crippen molar-refractivity contribution in [2.45, 2.75) is 40.2 Å². The van der Waals surface area contributed by atoms with Crippen molar-refractivity contribution < 1.29 is 19.5 Å². The number of hydrogen-bond donors (Lipinski definition) is 3. The van der Waals surface area contributed by atoms with Gasteiger partial charge in [0.05, 0.1) is 10.6 Å². The molecule has 1 rings (SSSR count). The highest BCUT2D eigenvalue weighted by Gasteiger charge is 2.23. The molecule has 3 N–H and O–H groups in total. The number of anilines is 1. The number of carboxylic acids is 1. The van der Waals surface area contributed by atoms with Gasteiger partial charge in [-0.3, -0.25) is 9.59 Å². The molecule has 1 aromatic carbocycles. The standard InChI is InChI=1S/C17H23ClN2O4/c1-9(2)7-14(17(23)24)20-16(22)12-8-11(5-6-13(12)18)19-15(21)10(3)4/h5-6,8-10,14H,7H2,1-4H3,(H,19,21)(H,20,22)(H,23,24). The summed E-state index contributed by atoms with van der Waals surface area (Å²) in [5.41, 5.74) is 0.548. The van der Waals surface area contributed by atoms with Crippen molar-refractivity contribution in [3.63, 3.8) is 0 Å². The zero-order valence-corrected chi connectivity index (χ0v) is 15.0. The molecule has 0 radical (unpaired) electrons. The second-order valence-corrected chi connectivity index (χ2v) is 6.74. The van der Waals surface area contributed by atoms with E-state index in [1.165, 1.54) is 12.1 Å². The first-order valence-corrected chi connectivity index (χ1v) is 8.13. The van der Waals surface area contributed by atoms with Crippen LogP contribution in [0.2, 0.25) is 5.02 Å². The molecule has 132 valence electrons. The molecule has 0 saturated heterocycles. The van der Waals surface area contributed by atoms with Crippen LogP contribution in [0.15, 0.2) is 18.2 Å². The van der Waals surface area contributed by atoms with E-state index in [-0.39, 0.29) is 28.3 Å². The average molecular weight is 355 g/mol. The summed E-state index contributed by atoms with van der Waals surface area (Å²) in [5, 5.41) is 14.6. The number of halogens is 1. The molecule has 0 saturated carbocycles. The largest absolute Gasteiger partial charge is 0.480 e. The van der Waals surface area contributed by atoms with Gasteiger partial charge in [0.15, 0.2) is 0 Å². The Kier molecular flexibility index (Phi) is 7.22. The summed E-state index contributed by atoms with van der Waals surface area (Å²) in [5.74, 6) is -1.98. The summed E-state index contributed by atoms with van der Waals surface area (Å²) in [6.07, 6.45) is 0.308. The lowest BCUT2D eigenvalue weighted by Crippen LogP contribution is -2.41. The van der Waals surface area contributed by atoms with Gasteiger partial charge in [0.1, 0.15) is 6.04 Å². The van der Waals surface area contributed by atoms with E-state index in [4.69, 9.17) is 11.6 Å². The fourth-order valence-corrected chi connectivity index (χ4v) is 2.20. The maximum Gasteiger partial charge on any atom is 0.326 e. The molecule has 0 aliphatic heterocycles. The van der Waals surface area contributed by atoms with Crippen molar-refractivity contribution in [2.75, 3.05) is 5.32 Å². The van der Waals surface area contributed by atoms with Crippen LogP contribution in [-0.4, -0.2) is 28.9 Å². The predicted molar refractivity (Wildman–Crippen MR) is 93.3 cm³/mol. The Hall–Kier alpha value is -2.08. The van der Waals surface area contributed by atoms with Crippen molar-refractivity contribution >= 4 is 35.1 Å². The van der Waals surface area contributed by atoms with Crippen molar-refractivity contribution in [1.82, 2.24) is 5.32 Å². The van der Waals surface area contributed by atoms with Gasteiger partial charge in [0, 0.05) is 11.6 Å². The summed E-state index contributed by atoms with van der Waals surface area (Å²) >= 11 is 6.04. The highest BCUT2D eigenvalue weighted by molar-refractivity contribution is 6.34. The molecule has 1 unspecified atom stereocenters. The van der Waals surface area contributed by atoms with E-state index in [1.54, 1.807) is 19.9 Å². The molecule has 0 aliphatic carbocycles. The van der Waals surface area contributed by atoms with E-state index in [9.17, 15) is 19.5 Å². The van der Waals surface area contributed by atoms with Crippen molar-refractivity contribution in [1.29, 1.82) is 0 Å². The van der Waals surface area contributed by atoms with Gasteiger partial charge in [-0.25, -0.2) is 4.79 Å². The topological polar surface area (TPSA) is 95.5 Å². The van der Waals surface area contributed by atoms with Gasteiger partial charge in [0.2, 0.25) is 5.91 Å². The van der Waals surface area contributed by atoms with E-state index < -0.39 is 17.9 Å². The van der Waals surface area contributed by atoms with Crippen LogP contribution in [0.5, 0.6) is 0 Å². The van der Waals surface area contributed by atoms with Gasteiger partial charge in [-0.05, 0) is 30.5 Å². The van der Waals surface area contributed by atoms with Crippen LogP contribution in [0, 0.1) is 11.8 Å². The van der Waals surface area contributed by atoms with E-state index >= 15 is 0 Å². The molecule has 6 nitrogen and oxygen atoms in total. The van der Waals surface area contributed by atoms with E-state index in [0.29, 0.717) is 12.1 Å². The minimum Gasteiger partial charge on any atom is -0.480 e. The first-order chi connectivity index (χ1) is 11.1. The Morgan fingerprint density at radius 2 is 1.79 bits per heavy atom. The summed E-state index contributed by atoms with van der Waals surface area (Å²) < 4.78 is 0. The number of nitrogens with one attached hydrogen (secondary N) is 2. The smallest absolute Gasteiger partial charge is 0.326 e. The highest BCUT2D eigenvalue weighted by atomic mass is 35.5. The third kappa shape index (κ3) is 5.85. The molecule has 0 aromatic heterocycles. The van der Waals surface area contributed by atoms with Gasteiger partial charge in [-0.2, -0.15) is 0 Å². The van der Waals surface area contributed by atoms with E-state index in [1.807, 2.05) is 13.8 Å². The molecule has 7 heteroatoms. The number of carbonyl (C=O) groups is 3. The molecule has 0 spiro atoms. The van der Waals surface area contributed by atoms with Crippen LogP contribution in [0.4, 0.5) is 5.69 Å². The summed E-state index contributed by atoms with van der Waals surface area (Å²) in [7, 11) is 0. The number of rotatable bonds is 7. The van der Waals surface area contributed by atoms with Crippen LogP contribution in [0.25, 0.3) is 0 Å². The lowest BCUT2D eigenvalue weighted by Gasteiger charge is -2.17. The third-order valence-corrected chi connectivity index (χ3v) is 3.64. The van der Waals surface area contributed by atoms with E-state index in [0.717, 1.165) is 0 Å². The number of hydrogen-bond acceptors (Lipinski definition) is 3. The molecule has 2 amide bonds. The molecule has 0 aliphatic rings. The van der Waals surface area contributed by atoms with Gasteiger partial charge in [-0.1, -0.05) is 39.3 Å². The number of amides is 2.